The molecule has 0 amide bonds. The summed E-state index contributed by atoms with van der Waals surface area (Å²) >= 11 is 0. The van der Waals surface area contributed by atoms with Gasteiger partial charge in [-0.25, -0.2) is 14.6 Å². The van der Waals surface area contributed by atoms with Crippen molar-refractivity contribution in [1.82, 2.24) is 24.4 Å². The number of hydrogen-bond acceptors (Lipinski definition) is 7. The molecule has 39 heavy (non-hydrogen) atoms. The van der Waals surface area contributed by atoms with Crippen molar-refractivity contribution in [3.63, 3.8) is 0 Å². The monoisotopic (exact) mass is 523 g/mol. The molecule has 4 aromatic rings. The van der Waals surface area contributed by atoms with Crippen molar-refractivity contribution in [2.45, 2.75) is 38.8 Å². The van der Waals surface area contributed by atoms with Crippen LogP contribution in [-0.2, 0) is 25.9 Å². The lowest BCUT2D eigenvalue weighted by Crippen LogP contribution is -2.47. The van der Waals surface area contributed by atoms with Crippen molar-refractivity contribution in [1.29, 1.82) is 0 Å². The van der Waals surface area contributed by atoms with Crippen LogP contribution in [0.25, 0.3) is 10.9 Å². The van der Waals surface area contributed by atoms with Gasteiger partial charge >= 0.3 is 0 Å². The second-order valence-corrected chi connectivity index (χ2v) is 10.7. The molecule has 2 aromatic carbocycles. The maximum absolute atomic E-state index is 13.0. The summed E-state index contributed by atoms with van der Waals surface area (Å²) in [6.07, 6.45) is 3.44. The van der Waals surface area contributed by atoms with E-state index >= 15 is 0 Å². The fraction of sp³-hybridized carbons (Fsp3) is 0.387. The zero-order chi connectivity index (χ0) is 26.6. The Bertz CT molecular complexity index is 1480. The zero-order valence-electron chi connectivity index (χ0n) is 22.5. The molecule has 8 heteroatoms. The van der Waals surface area contributed by atoms with Crippen molar-refractivity contribution in [2.75, 3.05) is 50.0 Å². The van der Waals surface area contributed by atoms with E-state index in [1.807, 2.05) is 12.1 Å². The van der Waals surface area contributed by atoms with E-state index < -0.39 is 0 Å². The third-order valence-corrected chi connectivity index (χ3v) is 8.07. The maximum atomic E-state index is 13.0. The van der Waals surface area contributed by atoms with Gasteiger partial charge in [-0.1, -0.05) is 48.5 Å². The van der Waals surface area contributed by atoms with Gasteiger partial charge in [0.25, 0.3) is 5.56 Å². The van der Waals surface area contributed by atoms with E-state index in [2.05, 4.69) is 69.3 Å². The number of unbranched alkanes of at least 4 members (excludes halogenated alkanes) is 1. The minimum absolute atomic E-state index is 0.0761. The fourth-order valence-corrected chi connectivity index (χ4v) is 5.81. The summed E-state index contributed by atoms with van der Waals surface area (Å²) < 4.78 is 1.29. The normalized spacial score (nSPS) is 16.5. The zero-order valence-corrected chi connectivity index (χ0v) is 22.5. The summed E-state index contributed by atoms with van der Waals surface area (Å²) in [4.78, 5) is 30.0. The SMILES string of the molecule is Nn1c(CCCCN2CCN(c3ccc4ccccc4n3)CC2)nc2c(c1=O)CCN(Cc1ccccc1)C2. The van der Waals surface area contributed by atoms with Gasteiger partial charge in [0.2, 0.25) is 0 Å². The lowest BCUT2D eigenvalue weighted by molar-refractivity contribution is 0.239. The summed E-state index contributed by atoms with van der Waals surface area (Å²) in [5.41, 5.74) is 3.94. The Balaban J connectivity index is 0.993. The van der Waals surface area contributed by atoms with Crippen LogP contribution in [-0.4, -0.2) is 63.7 Å². The molecule has 0 unspecified atom stereocenters. The molecular weight excluding hydrogens is 486 g/mol. The van der Waals surface area contributed by atoms with E-state index in [9.17, 15) is 4.79 Å². The number of fused-ring (bicyclic) bond motifs is 2. The number of piperazine rings is 1. The molecule has 0 aliphatic carbocycles. The first-order valence-corrected chi connectivity index (χ1v) is 14.1. The van der Waals surface area contributed by atoms with Crippen LogP contribution in [0.2, 0.25) is 0 Å². The molecule has 0 saturated carbocycles. The number of para-hydroxylation sites is 1. The van der Waals surface area contributed by atoms with Gasteiger partial charge in [0.1, 0.15) is 11.6 Å². The second-order valence-electron chi connectivity index (χ2n) is 10.7. The number of pyridine rings is 1. The molecule has 1 saturated heterocycles. The quantitative estimate of drug-likeness (QED) is 0.281. The first kappa shape index (κ1) is 25.5. The summed E-state index contributed by atoms with van der Waals surface area (Å²) in [6.45, 7) is 7.50. The van der Waals surface area contributed by atoms with Crippen LogP contribution < -0.4 is 16.3 Å². The largest absolute Gasteiger partial charge is 0.354 e. The minimum Gasteiger partial charge on any atom is -0.354 e. The van der Waals surface area contributed by atoms with Crippen LogP contribution in [0.15, 0.2) is 71.5 Å². The Labute approximate surface area is 229 Å². The summed E-state index contributed by atoms with van der Waals surface area (Å²) in [6, 6.07) is 23.0. The van der Waals surface area contributed by atoms with E-state index in [1.54, 1.807) is 0 Å². The number of hydrogen-bond donors (Lipinski definition) is 1. The van der Waals surface area contributed by atoms with E-state index in [0.717, 1.165) is 87.7 Å². The third-order valence-electron chi connectivity index (χ3n) is 8.07. The van der Waals surface area contributed by atoms with Crippen LogP contribution in [0.3, 0.4) is 0 Å². The molecule has 6 rings (SSSR count). The van der Waals surface area contributed by atoms with Gasteiger partial charge in [0, 0.05) is 63.2 Å². The van der Waals surface area contributed by atoms with E-state index in [1.165, 1.54) is 15.6 Å². The predicted octanol–water partition coefficient (Wildman–Crippen LogP) is 3.21. The summed E-state index contributed by atoms with van der Waals surface area (Å²) in [7, 11) is 0. The summed E-state index contributed by atoms with van der Waals surface area (Å²) in [5, 5.41) is 1.18. The minimum atomic E-state index is -0.0761. The Morgan fingerprint density at radius 1 is 0.795 bits per heavy atom. The maximum Gasteiger partial charge on any atom is 0.275 e. The van der Waals surface area contributed by atoms with Gasteiger partial charge in [0.05, 0.1) is 11.2 Å². The average Bonchev–Trinajstić information content (AvgIpc) is 2.98. The van der Waals surface area contributed by atoms with Crippen molar-refractivity contribution in [3.05, 3.63) is 99.7 Å². The van der Waals surface area contributed by atoms with Gasteiger partial charge in [-0.2, -0.15) is 0 Å². The van der Waals surface area contributed by atoms with Gasteiger partial charge in [-0.05, 0) is 49.6 Å². The molecule has 2 aliphatic heterocycles. The van der Waals surface area contributed by atoms with E-state index in [4.69, 9.17) is 15.8 Å². The number of nitrogen functional groups attached to an aromatic ring is 1. The van der Waals surface area contributed by atoms with Crippen LogP contribution in [0.1, 0.15) is 35.5 Å². The predicted molar refractivity (Wildman–Crippen MR) is 156 cm³/mol. The molecule has 0 spiro atoms. The Morgan fingerprint density at radius 2 is 1.59 bits per heavy atom. The van der Waals surface area contributed by atoms with Gasteiger partial charge in [-0.15, -0.1) is 0 Å². The van der Waals surface area contributed by atoms with E-state index in [0.29, 0.717) is 18.8 Å². The smallest absolute Gasteiger partial charge is 0.275 e. The van der Waals surface area contributed by atoms with Crippen LogP contribution in [0.5, 0.6) is 0 Å². The molecular formula is C31H37N7O. The fourth-order valence-electron chi connectivity index (χ4n) is 5.81. The molecule has 0 bridgehead atoms. The number of benzene rings is 2. The Hall–Kier alpha value is -3.75. The first-order valence-electron chi connectivity index (χ1n) is 14.1. The summed E-state index contributed by atoms with van der Waals surface area (Å²) in [5.74, 6) is 7.97. The van der Waals surface area contributed by atoms with Crippen LogP contribution in [0, 0.1) is 0 Å². The number of rotatable bonds is 8. The highest BCUT2D eigenvalue weighted by Crippen LogP contribution is 2.20. The highest BCUT2D eigenvalue weighted by atomic mass is 16.1. The molecule has 202 valence electrons. The number of anilines is 1. The topological polar surface area (TPSA) is 83.5 Å². The molecule has 8 nitrogen and oxygen atoms in total. The van der Waals surface area contributed by atoms with Gasteiger partial charge < -0.3 is 10.7 Å². The molecule has 2 aromatic heterocycles. The molecule has 2 aliphatic rings. The number of aromatic nitrogens is 3. The number of nitrogens with two attached hydrogens (primary N) is 1. The highest BCUT2D eigenvalue weighted by Gasteiger charge is 2.23. The van der Waals surface area contributed by atoms with Gasteiger partial charge in [0.15, 0.2) is 0 Å². The van der Waals surface area contributed by atoms with Crippen molar-refractivity contribution < 1.29 is 0 Å². The van der Waals surface area contributed by atoms with Crippen molar-refractivity contribution in [3.8, 4) is 0 Å². The standard InChI is InChI=1S/C31H37N7O/c32-38-30(34-28-23-36(17-15-26(28)31(38)39)22-24-8-2-1-3-9-24)12-6-7-16-35-18-20-37(21-19-35)29-14-13-25-10-4-5-11-27(25)33-29/h1-5,8-11,13-14H,6-7,12,15-23,32H2. The van der Waals surface area contributed by atoms with Crippen LogP contribution >= 0.6 is 0 Å². The number of aryl methyl sites for hydroxylation is 1. The lowest BCUT2D eigenvalue weighted by atomic mass is 10.0. The van der Waals surface area contributed by atoms with Crippen LogP contribution in [0.4, 0.5) is 5.82 Å². The first-order chi connectivity index (χ1) is 19.1. The molecule has 0 radical (unpaired) electrons. The second kappa shape index (κ2) is 11.6. The van der Waals surface area contributed by atoms with Crippen molar-refractivity contribution >= 4 is 16.7 Å². The third kappa shape index (κ3) is 5.82. The molecule has 4 heterocycles. The Kier molecular flexibility index (Phi) is 7.56. The lowest BCUT2D eigenvalue weighted by Gasteiger charge is -2.35. The average molecular weight is 524 g/mol. The number of nitrogens with zero attached hydrogens (tertiary/aromatic N) is 6. The van der Waals surface area contributed by atoms with Gasteiger partial charge in [-0.3, -0.25) is 14.6 Å². The molecule has 1 fully saturated rings. The molecule has 0 atom stereocenters. The molecule has 2 N–H and O–H groups in total. The van der Waals surface area contributed by atoms with E-state index in [-0.39, 0.29) is 5.56 Å². The van der Waals surface area contributed by atoms with Crippen molar-refractivity contribution in [2.24, 2.45) is 0 Å². The Morgan fingerprint density at radius 3 is 2.44 bits per heavy atom. The highest BCUT2D eigenvalue weighted by molar-refractivity contribution is 5.80.